The van der Waals surface area contributed by atoms with Crippen molar-refractivity contribution in [3.63, 3.8) is 0 Å². The number of carbonyl (C=O) groups excluding carboxylic acids is 3. The van der Waals surface area contributed by atoms with Crippen LogP contribution in [0.25, 0.3) is 0 Å². The third kappa shape index (κ3) is 2.44. The highest BCUT2D eigenvalue weighted by Crippen LogP contribution is 2.48. The lowest BCUT2D eigenvalue weighted by atomic mass is 9.66. The van der Waals surface area contributed by atoms with E-state index in [1.165, 1.54) is 13.1 Å². The average Bonchev–Trinajstić information content (AvgIpc) is 2.63. The molecule has 2 atom stereocenters. The van der Waals surface area contributed by atoms with Crippen molar-refractivity contribution in [2.45, 2.75) is 37.9 Å². The number of barbiturate groups is 1. The summed E-state index contributed by atoms with van der Waals surface area (Å²) in [7, 11) is 1.28. The summed E-state index contributed by atoms with van der Waals surface area (Å²) in [5, 5.41) is 2.21. The Kier molecular flexibility index (Phi) is 3.77. The van der Waals surface area contributed by atoms with Crippen molar-refractivity contribution in [1.29, 1.82) is 0 Å². The van der Waals surface area contributed by atoms with E-state index in [1.807, 2.05) is 4.90 Å². The summed E-state index contributed by atoms with van der Waals surface area (Å²) >= 11 is 0. The highest BCUT2D eigenvalue weighted by Gasteiger charge is 2.61. The lowest BCUT2D eigenvalue weighted by Gasteiger charge is -2.53. The first-order valence-electron chi connectivity index (χ1n) is 8.76. The number of anilines is 1. The Labute approximate surface area is 153 Å². The number of urea groups is 1. The predicted octanol–water partition coefficient (Wildman–Crippen LogP) is 2.32. The van der Waals surface area contributed by atoms with Crippen LogP contribution in [0.5, 0.6) is 0 Å². The van der Waals surface area contributed by atoms with Gasteiger partial charge >= 0.3 is 12.2 Å². The fourth-order valence-corrected chi connectivity index (χ4v) is 4.56. The van der Waals surface area contributed by atoms with E-state index < -0.39 is 41.0 Å². The number of carbonyl (C=O) groups is 3. The third-order valence-corrected chi connectivity index (χ3v) is 5.87. The topological polar surface area (TPSA) is 69.7 Å². The van der Waals surface area contributed by atoms with Crippen LogP contribution in [0.15, 0.2) is 18.2 Å². The van der Waals surface area contributed by atoms with Crippen molar-refractivity contribution in [2.24, 2.45) is 5.41 Å². The summed E-state index contributed by atoms with van der Waals surface area (Å²) in [5.74, 6) is -1.38. The van der Waals surface area contributed by atoms with Gasteiger partial charge in [-0.1, -0.05) is 0 Å². The maximum atomic E-state index is 13.2. The number of nitrogens with one attached hydrogen (secondary N) is 1. The first kappa shape index (κ1) is 17.8. The van der Waals surface area contributed by atoms with Crippen molar-refractivity contribution in [2.75, 3.05) is 18.5 Å². The van der Waals surface area contributed by atoms with Crippen LogP contribution in [0.4, 0.5) is 23.7 Å². The molecule has 6 nitrogen and oxygen atoms in total. The molecule has 0 saturated carbocycles. The molecule has 1 aromatic carbocycles. The predicted molar refractivity (Wildman–Crippen MR) is 88.9 cm³/mol. The Morgan fingerprint density at radius 3 is 2.63 bits per heavy atom. The van der Waals surface area contributed by atoms with Crippen LogP contribution in [0.1, 0.15) is 30.4 Å². The molecule has 1 spiro atoms. The zero-order chi connectivity index (χ0) is 19.6. The van der Waals surface area contributed by atoms with E-state index in [1.54, 1.807) is 0 Å². The van der Waals surface area contributed by atoms with E-state index in [-0.39, 0.29) is 6.42 Å². The van der Waals surface area contributed by atoms with E-state index in [2.05, 4.69) is 5.32 Å². The van der Waals surface area contributed by atoms with Gasteiger partial charge < -0.3 is 4.90 Å². The molecule has 3 aliphatic heterocycles. The van der Waals surface area contributed by atoms with Gasteiger partial charge in [0.05, 0.1) is 11.6 Å². The minimum atomic E-state index is -4.52. The summed E-state index contributed by atoms with van der Waals surface area (Å²) < 4.78 is 39.5. The van der Waals surface area contributed by atoms with E-state index in [9.17, 15) is 27.6 Å². The van der Waals surface area contributed by atoms with Gasteiger partial charge in [0.1, 0.15) is 0 Å². The molecule has 0 bridgehead atoms. The number of nitrogens with zero attached hydrogens (tertiary/aromatic N) is 2. The highest BCUT2D eigenvalue weighted by atomic mass is 19.4. The average molecular weight is 381 g/mol. The van der Waals surface area contributed by atoms with Crippen molar-refractivity contribution < 1.29 is 27.6 Å². The number of hydrogen-bond acceptors (Lipinski definition) is 4. The Bertz CT molecular complexity index is 854. The molecule has 0 radical (unpaired) electrons. The molecule has 9 heteroatoms. The van der Waals surface area contributed by atoms with E-state index in [0.29, 0.717) is 24.2 Å². The number of imide groups is 2. The van der Waals surface area contributed by atoms with Crippen LogP contribution in [0.2, 0.25) is 0 Å². The highest BCUT2D eigenvalue weighted by molar-refractivity contribution is 6.20. The first-order chi connectivity index (χ1) is 12.7. The molecule has 3 aliphatic rings. The van der Waals surface area contributed by atoms with Gasteiger partial charge in [0.15, 0.2) is 5.41 Å². The van der Waals surface area contributed by atoms with Gasteiger partial charge in [-0.2, -0.15) is 13.2 Å². The molecule has 0 aliphatic carbocycles. The smallest absolute Gasteiger partial charge is 0.367 e. The van der Waals surface area contributed by atoms with Crippen LogP contribution in [0, 0.1) is 5.41 Å². The minimum Gasteiger partial charge on any atom is -0.367 e. The lowest BCUT2D eigenvalue weighted by Crippen LogP contribution is -2.72. The second-order valence-electron chi connectivity index (χ2n) is 7.32. The molecule has 4 rings (SSSR count). The number of alkyl halides is 3. The second-order valence-corrected chi connectivity index (χ2v) is 7.32. The molecule has 27 heavy (non-hydrogen) atoms. The van der Waals surface area contributed by atoms with Crippen molar-refractivity contribution >= 4 is 23.5 Å². The summed E-state index contributed by atoms with van der Waals surface area (Å²) in [6.07, 6.45) is -2.50. The quantitative estimate of drug-likeness (QED) is 0.701. The zero-order valence-electron chi connectivity index (χ0n) is 14.6. The van der Waals surface area contributed by atoms with Crippen LogP contribution < -0.4 is 10.2 Å². The van der Waals surface area contributed by atoms with Gasteiger partial charge in [-0.15, -0.1) is 0 Å². The normalized spacial score (nSPS) is 28.1. The number of amides is 4. The molecule has 2 saturated heterocycles. The number of halogens is 3. The Morgan fingerprint density at radius 2 is 1.93 bits per heavy atom. The molecule has 1 N–H and O–H groups in total. The molecule has 1 aromatic rings. The Balaban J connectivity index is 1.89. The van der Waals surface area contributed by atoms with Gasteiger partial charge in [-0.3, -0.25) is 19.8 Å². The number of benzene rings is 1. The summed E-state index contributed by atoms with van der Waals surface area (Å²) in [4.78, 5) is 40.5. The Hall–Kier alpha value is -2.58. The van der Waals surface area contributed by atoms with Crippen molar-refractivity contribution in [1.82, 2.24) is 10.2 Å². The van der Waals surface area contributed by atoms with Gasteiger partial charge in [0, 0.05) is 19.3 Å². The lowest BCUT2D eigenvalue weighted by molar-refractivity contribution is -0.153. The number of piperidine rings is 1. The van der Waals surface area contributed by atoms with Gasteiger partial charge in [-0.05, 0) is 49.4 Å². The molecule has 0 aromatic heterocycles. The third-order valence-electron chi connectivity index (χ3n) is 5.87. The van der Waals surface area contributed by atoms with Crippen LogP contribution in [0.3, 0.4) is 0 Å². The zero-order valence-corrected chi connectivity index (χ0v) is 14.6. The number of fused-ring (bicyclic) bond motifs is 4. The minimum absolute atomic E-state index is 0.157. The van der Waals surface area contributed by atoms with Gasteiger partial charge in [0.2, 0.25) is 11.8 Å². The van der Waals surface area contributed by atoms with Crippen LogP contribution in [-0.2, 0) is 22.2 Å². The first-order valence-corrected chi connectivity index (χ1v) is 8.76. The standard InChI is InChI=1S/C18H18F3N3O3/c1-23-15(26)17(14(25)22-16(23)27)9-10-8-11(18(19,20)21)5-6-12(10)24-7-3-2-4-13(17)24/h5-6,8,13H,2-4,7,9H2,1H3,(H,22,25,27)/t13-,17+/m0/s1. The van der Waals surface area contributed by atoms with Crippen LogP contribution in [-0.4, -0.2) is 42.4 Å². The molecule has 144 valence electrons. The molecule has 3 heterocycles. The van der Waals surface area contributed by atoms with E-state index in [4.69, 9.17) is 0 Å². The fourth-order valence-electron chi connectivity index (χ4n) is 4.56. The number of rotatable bonds is 0. The SMILES string of the molecule is CN1C(=O)NC(=O)[C@]2(Cc3cc(C(F)(F)F)ccc3N3CCCC[C@H]32)C1=O. The molecule has 0 unspecified atom stereocenters. The largest absolute Gasteiger partial charge is 0.416 e. The maximum Gasteiger partial charge on any atom is 0.416 e. The molecule has 4 amide bonds. The van der Waals surface area contributed by atoms with E-state index in [0.717, 1.165) is 29.9 Å². The summed E-state index contributed by atoms with van der Waals surface area (Å²) in [5.41, 5.74) is -1.49. The van der Waals surface area contributed by atoms with Gasteiger partial charge in [0.25, 0.3) is 0 Å². The summed E-state index contributed by atoms with van der Waals surface area (Å²) in [6.45, 7) is 0.545. The monoisotopic (exact) mass is 381 g/mol. The van der Waals surface area contributed by atoms with Crippen molar-refractivity contribution in [3.05, 3.63) is 29.3 Å². The van der Waals surface area contributed by atoms with Crippen LogP contribution >= 0.6 is 0 Å². The summed E-state index contributed by atoms with van der Waals surface area (Å²) in [6, 6.07) is 2.16. The molecular weight excluding hydrogens is 363 g/mol. The fraction of sp³-hybridized carbons (Fsp3) is 0.500. The molecule has 2 fully saturated rings. The Morgan fingerprint density at radius 1 is 1.19 bits per heavy atom. The maximum absolute atomic E-state index is 13.2. The van der Waals surface area contributed by atoms with Crippen molar-refractivity contribution in [3.8, 4) is 0 Å². The second kappa shape index (κ2) is 5.71. The number of hydrogen-bond donors (Lipinski definition) is 1. The molecular formula is C18H18F3N3O3. The van der Waals surface area contributed by atoms with E-state index >= 15 is 0 Å². The van der Waals surface area contributed by atoms with Gasteiger partial charge in [-0.25, -0.2) is 4.79 Å².